The Labute approximate surface area is 179 Å². The highest BCUT2D eigenvalue weighted by Gasteiger charge is 2.30. The number of fused-ring (bicyclic) bond motifs is 1. The van der Waals surface area contributed by atoms with Crippen molar-refractivity contribution < 1.29 is 29.3 Å². The number of nitro groups is 2. The molecule has 12 nitrogen and oxygen atoms in total. The second kappa shape index (κ2) is 8.55. The Morgan fingerprint density at radius 2 is 1.59 bits per heavy atom. The molecule has 12 heteroatoms. The molecule has 0 aromatic heterocycles. The smallest absolute Gasteiger partial charge is 0.343 e. The van der Waals surface area contributed by atoms with Crippen LogP contribution in [0.25, 0.3) is 0 Å². The molecule has 3 rings (SSSR count). The molecule has 0 spiro atoms. The monoisotopic (exact) mass is 438 g/mol. The average molecular weight is 438 g/mol. The number of hydrogen-bond donors (Lipinski definition) is 1. The molecule has 1 heterocycles. The first-order valence-corrected chi connectivity index (χ1v) is 8.88. The van der Waals surface area contributed by atoms with Gasteiger partial charge < -0.3 is 9.84 Å². The number of aliphatic hydroxyl groups excluding tert-OH is 1. The fourth-order valence-electron chi connectivity index (χ4n) is 2.99. The molecular formula is C20H14N4O8. The number of nitro benzene ring substituents is 2. The van der Waals surface area contributed by atoms with Crippen LogP contribution in [0.1, 0.15) is 28.4 Å². The van der Waals surface area contributed by atoms with E-state index in [1.54, 1.807) is 24.3 Å². The van der Waals surface area contributed by atoms with Gasteiger partial charge in [-0.1, -0.05) is 24.3 Å². The van der Waals surface area contributed by atoms with Gasteiger partial charge in [0.15, 0.2) is 5.84 Å². The van der Waals surface area contributed by atoms with E-state index >= 15 is 0 Å². The summed E-state index contributed by atoms with van der Waals surface area (Å²) in [6, 6.07) is 8.88. The lowest BCUT2D eigenvalue weighted by atomic mass is 9.99. The van der Waals surface area contributed by atoms with Crippen molar-refractivity contribution in [2.75, 3.05) is 7.11 Å². The Hall–Kier alpha value is -4.74. The molecule has 0 radical (unpaired) electrons. The summed E-state index contributed by atoms with van der Waals surface area (Å²) < 4.78 is 4.69. The highest BCUT2D eigenvalue weighted by molar-refractivity contribution is 6.36. The summed E-state index contributed by atoms with van der Waals surface area (Å²) in [5.74, 6) is -2.39. The number of aliphatic hydroxyl groups is 1. The van der Waals surface area contributed by atoms with Crippen LogP contribution in [-0.4, -0.2) is 45.5 Å². The summed E-state index contributed by atoms with van der Waals surface area (Å²) in [6.45, 7) is 1.26. The van der Waals surface area contributed by atoms with Gasteiger partial charge in [0.25, 0.3) is 17.3 Å². The third kappa shape index (κ3) is 4.09. The summed E-state index contributed by atoms with van der Waals surface area (Å²) in [5.41, 5.74) is -1.17. The van der Waals surface area contributed by atoms with Gasteiger partial charge in [0, 0.05) is 23.3 Å². The molecule has 0 saturated carbocycles. The number of amides is 1. The molecule has 32 heavy (non-hydrogen) atoms. The SMILES string of the molecule is COC(=O)/C(C1=NC(=NC(=O)c2cc([N+](=O)[O-])cc([N+](=O)[O-])c2)c2ccccc21)=C(\C)O. The van der Waals surface area contributed by atoms with Crippen molar-refractivity contribution >= 4 is 34.8 Å². The fourth-order valence-corrected chi connectivity index (χ4v) is 2.99. The molecule has 1 aliphatic rings. The van der Waals surface area contributed by atoms with Crippen molar-refractivity contribution in [2.24, 2.45) is 9.98 Å². The molecule has 2 aromatic carbocycles. The molecule has 1 N–H and O–H groups in total. The number of ether oxygens (including phenoxy) is 1. The van der Waals surface area contributed by atoms with Gasteiger partial charge in [0.2, 0.25) is 0 Å². The third-order valence-corrected chi connectivity index (χ3v) is 4.41. The predicted octanol–water partition coefficient (Wildman–Crippen LogP) is 2.90. The van der Waals surface area contributed by atoms with Crippen LogP contribution >= 0.6 is 0 Å². The normalized spacial score (nSPS) is 14.3. The van der Waals surface area contributed by atoms with E-state index in [-0.39, 0.29) is 28.4 Å². The van der Waals surface area contributed by atoms with E-state index < -0.39 is 33.1 Å². The van der Waals surface area contributed by atoms with Crippen molar-refractivity contribution in [3.8, 4) is 0 Å². The molecule has 0 saturated heterocycles. The minimum Gasteiger partial charge on any atom is -0.512 e. The number of esters is 1. The van der Waals surface area contributed by atoms with E-state index in [4.69, 9.17) is 0 Å². The number of allylic oxidation sites excluding steroid dienone is 1. The van der Waals surface area contributed by atoms with E-state index in [0.29, 0.717) is 11.1 Å². The number of rotatable bonds is 5. The van der Waals surface area contributed by atoms with Gasteiger partial charge in [-0.25, -0.2) is 9.79 Å². The van der Waals surface area contributed by atoms with Crippen molar-refractivity contribution in [1.29, 1.82) is 0 Å². The Kier molecular flexibility index (Phi) is 5.87. The lowest BCUT2D eigenvalue weighted by molar-refractivity contribution is -0.394. The largest absolute Gasteiger partial charge is 0.512 e. The lowest BCUT2D eigenvalue weighted by Crippen LogP contribution is -2.16. The first-order valence-electron chi connectivity index (χ1n) is 8.88. The van der Waals surface area contributed by atoms with Gasteiger partial charge >= 0.3 is 5.97 Å². The molecule has 0 bridgehead atoms. The number of hydrogen-bond acceptors (Lipinski definition) is 8. The summed E-state index contributed by atoms with van der Waals surface area (Å²) in [6.07, 6.45) is 0. The van der Waals surface area contributed by atoms with Crippen LogP contribution < -0.4 is 0 Å². The number of benzene rings is 2. The molecule has 1 amide bonds. The standard InChI is InChI=1S/C20H14N4O8/c1-10(25)16(20(27)32-2)17-14-5-3-4-6-15(14)18(21-17)22-19(26)11-7-12(23(28)29)9-13(8-11)24(30)31/h3-9,25H,1-2H3/b16-10+,22-18?. The van der Waals surface area contributed by atoms with Crippen molar-refractivity contribution in [3.63, 3.8) is 0 Å². The lowest BCUT2D eigenvalue weighted by Gasteiger charge is -2.07. The zero-order valence-electron chi connectivity index (χ0n) is 16.6. The van der Waals surface area contributed by atoms with Crippen molar-refractivity contribution in [3.05, 3.63) is 90.7 Å². The minimum absolute atomic E-state index is 0.0176. The Balaban J connectivity index is 2.15. The maximum absolute atomic E-state index is 12.7. The molecule has 0 atom stereocenters. The second-order valence-electron chi connectivity index (χ2n) is 6.45. The molecule has 162 valence electrons. The van der Waals surface area contributed by atoms with Gasteiger partial charge in [0.05, 0.1) is 34.3 Å². The van der Waals surface area contributed by atoms with Crippen LogP contribution in [0.15, 0.2) is 63.8 Å². The van der Waals surface area contributed by atoms with Crippen LogP contribution in [0.5, 0.6) is 0 Å². The topological polar surface area (TPSA) is 175 Å². The fraction of sp³-hybridized carbons (Fsp3) is 0.100. The van der Waals surface area contributed by atoms with E-state index in [1.807, 2.05) is 0 Å². The van der Waals surface area contributed by atoms with E-state index in [0.717, 1.165) is 25.3 Å². The van der Waals surface area contributed by atoms with Gasteiger partial charge in [-0.05, 0) is 6.92 Å². The first-order chi connectivity index (χ1) is 15.1. The quantitative estimate of drug-likeness (QED) is 0.244. The zero-order valence-corrected chi connectivity index (χ0v) is 16.6. The number of non-ortho nitro benzene ring substituents is 2. The summed E-state index contributed by atoms with van der Waals surface area (Å²) in [7, 11) is 1.13. The zero-order chi connectivity index (χ0) is 23.6. The number of nitrogens with zero attached hydrogens (tertiary/aromatic N) is 4. The number of carbonyl (C=O) groups excluding carboxylic acids is 2. The third-order valence-electron chi connectivity index (χ3n) is 4.41. The Morgan fingerprint density at radius 3 is 2.09 bits per heavy atom. The average Bonchev–Trinajstić information content (AvgIpc) is 3.11. The summed E-state index contributed by atoms with van der Waals surface area (Å²) in [4.78, 5) is 53.3. The second-order valence-corrected chi connectivity index (χ2v) is 6.45. The van der Waals surface area contributed by atoms with Crippen molar-refractivity contribution in [1.82, 2.24) is 0 Å². The number of methoxy groups -OCH3 is 1. The number of amidine groups is 1. The maximum atomic E-state index is 12.7. The van der Waals surface area contributed by atoms with Gasteiger partial charge in [-0.3, -0.25) is 25.0 Å². The molecule has 0 aliphatic carbocycles. The first kappa shape index (κ1) is 22.0. The van der Waals surface area contributed by atoms with Gasteiger partial charge in [-0.2, -0.15) is 4.99 Å². The van der Waals surface area contributed by atoms with E-state index in [2.05, 4.69) is 14.7 Å². The van der Waals surface area contributed by atoms with Crippen LogP contribution in [0.2, 0.25) is 0 Å². The number of aliphatic imine (C=N–C) groups is 2. The van der Waals surface area contributed by atoms with E-state index in [1.165, 1.54) is 6.92 Å². The highest BCUT2D eigenvalue weighted by Crippen LogP contribution is 2.27. The Bertz CT molecular complexity index is 1240. The van der Waals surface area contributed by atoms with E-state index in [9.17, 15) is 34.9 Å². The molecule has 2 aromatic rings. The van der Waals surface area contributed by atoms with Crippen LogP contribution in [0.4, 0.5) is 11.4 Å². The van der Waals surface area contributed by atoms with Gasteiger partial charge in [0.1, 0.15) is 11.3 Å². The summed E-state index contributed by atoms with van der Waals surface area (Å²) in [5, 5.41) is 32.1. The van der Waals surface area contributed by atoms with Crippen LogP contribution in [0, 0.1) is 20.2 Å². The number of carbonyl (C=O) groups is 2. The minimum atomic E-state index is -1.02. The maximum Gasteiger partial charge on any atom is 0.343 e. The highest BCUT2D eigenvalue weighted by atomic mass is 16.6. The van der Waals surface area contributed by atoms with Crippen LogP contribution in [0.3, 0.4) is 0 Å². The molecule has 0 fully saturated rings. The molecule has 0 unspecified atom stereocenters. The van der Waals surface area contributed by atoms with Gasteiger partial charge in [-0.15, -0.1) is 0 Å². The van der Waals surface area contributed by atoms with Crippen LogP contribution in [-0.2, 0) is 9.53 Å². The van der Waals surface area contributed by atoms with Crippen molar-refractivity contribution in [2.45, 2.75) is 6.92 Å². The predicted molar refractivity (Wildman–Crippen MR) is 111 cm³/mol. The molecule has 1 aliphatic heterocycles. The molecular weight excluding hydrogens is 424 g/mol. The summed E-state index contributed by atoms with van der Waals surface area (Å²) >= 11 is 0. The Morgan fingerprint density at radius 1 is 1.03 bits per heavy atom.